The molecule has 602 valence electrons. The third-order valence-corrected chi connectivity index (χ3v) is 20.7. The highest BCUT2D eigenvalue weighted by molar-refractivity contribution is 7.47. The zero-order chi connectivity index (χ0) is 75.1. The molecule has 102 heavy (non-hydrogen) atoms. The van der Waals surface area contributed by atoms with Crippen LogP contribution >= 0.6 is 15.6 Å². The first-order chi connectivity index (χ1) is 49.2. The second-order valence-electron chi connectivity index (χ2n) is 30.6. The van der Waals surface area contributed by atoms with E-state index in [1.54, 1.807) is 0 Å². The number of aliphatic hydroxyl groups excluding tert-OH is 1. The topological polar surface area (TPSA) is 237 Å². The molecule has 0 spiro atoms. The summed E-state index contributed by atoms with van der Waals surface area (Å²) in [6, 6.07) is 0. The van der Waals surface area contributed by atoms with E-state index in [0.717, 1.165) is 121 Å². The SMILES string of the molecule is CCCCCC/C=C\C=C/CCCCCCCC(=O)O[C@H](COC(=O)CCCCCCCCCCCCCCCC(C)C)COP(=O)(O)OCC(O)COP(=O)(O)OC[C@@H](COC(=O)CCCCCCCCCC(C)C)OC(=O)CCCCCCCCCCCCCCCCCCCCC(C)C. The third-order valence-electron chi connectivity index (χ3n) is 18.8. The Labute approximate surface area is 624 Å². The number of esters is 4. The summed E-state index contributed by atoms with van der Waals surface area (Å²) in [6.07, 6.45) is 64.8. The highest BCUT2D eigenvalue weighted by Crippen LogP contribution is 2.45. The van der Waals surface area contributed by atoms with Crippen molar-refractivity contribution in [3.05, 3.63) is 24.3 Å². The molecule has 3 unspecified atom stereocenters. The Kier molecular flexibility index (Phi) is 71.0. The van der Waals surface area contributed by atoms with Gasteiger partial charge in [-0.15, -0.1) is 0 Å². The van der Waals surface area contributed by atoms with Gasteiger partial charge in [-0.1, -0.05) is 355 Å². The summed E-state index contributed by atoms with van der Waals surface area (Å²) in [4.78, 5) is 73.0. The molecule has 3 N–H and O–H groups in total. The molecule has 0 rings (SSSR count). The van der Waals surface area contributed by atoms with Gasteiger partial charge in [0.05, 0.1) is 26.4 Å². The molecule has 0 fully saturated rings. The number of hydrogen-bond donors (Lipinski definition) is 3. The fourth-order valence-corrected chi connectivity index (χ4v) is 13.9. The summed E-state index contributed by atoms with van der Waals surface area (Å²) in [5.41, 5.74) is 0. The quantitative estimate of drug-likeness (QED) is 0.0169. The predicted molar refractivity (Wildman–Crippen MR) is 418 cm³/mol. The maximum absolute atomic E-state index is 13.1. The van der Waals surface area contributed by atoms with Crippen LogP contribution in [0.2, 0.25) is 0 Å². The molecular formula is C83H158O17P2. The van der Waals surface area contributed by atoms with Gasteiger partial charge < -0.3 is 33.8 Å². The lowest BCUT2D eigenvalue weighted by molar-refractivity contribution is -0.161. The maximum Gasteiger partial charge on any atom is 0.472 e. The first-order valence-electron chi connectivity index (χ1n) is 42.2. The molecule has 0 aliphatic heterocycles. The average molecular weight is 1490 g/mol. The summed E-state index contributed by atoms with van der Waals surface area (Å²) >= 11 is 0. The zero-order valence-corrected chi connectivity index (χ0v) is 68.4. The lowest BCUT2D eigenvalue weighted by atomic mass is 10.0. The minimum Gasteiger partial charge on any atom is -0.462 e. The number of phosphoric ester groups is 2. The number of aliphatic hydroxyl groups is 1. The fraction of sp³-hybridized carbons (Fsp3) is 0.904. The van der Waals surface area contributed by atoms with E-state index in [1.807, 2.05) is 0 Å². The minimum absolute atomic E-state index is 0.0850. The number of carbonyl (C=O) groups excluding carboxylic acids is 4. The molecule has 5 atom stereocenters. The Bertz CT molecular complexity index is 2070. The van der Waals surface area contributed by atoms with E-state index in [1.165, 1.54) is 199 Å². The zero-order valence-electron chi connectivity index (χ0n) is 66.6. The Balaban J connectivity index is 5.24. The lowest BCUT2D eigenvalue weighted by Crippen LogP contribution is -2.30. The monoisotopic (exact) mass is 1490 g/mol. The molecule has 19 heteroatoms. The molecule has 0 saturated heterocycles. The Morgan fingerprint density at radius 3 is 0.794 bits per heavy atom. The Morgan fingerprint density at radius 1 is 0.304 bits per heavy atom. The Morgan fingerprint density at radius 2 is 0.529 bits per heavy atom. The van der Waals surface area contributed by atoms with Crippen molar-refractivity contribution in [3.8, 4) is 0 Å². The second kappa shape index (κ2) is 72.7. The summed E-state index contributed by atoms with van der Waals surface area (Å²) in [7, 11) is -9.94. The molecule has 0 heterocycles. The first-order valence-corrected chi connectivity index (χ1v) is 45.2. The van der Waals surface area contributed by atoms with E-state index >= 15 is 0 Å². The molecule has 0 aromatic heterocycles. The Hall–Kier alpha value is -2.46. The van der Waals surface area contributed by atoms with Crippen molar-refractivity contribution < 1.29 is 80.2 Å². The van der Waals surface area contributed by atoms with Crippen LogP contribution in [0.4, 0.5) is 0 Å². The van der Waals surface area contributed by atoms with Gasteiger partial charge in [0, 0.05) is 25.7 Å². The standard InChI is InChI=1S/C83H158O17P2/c1-8-9-10-11-12-13-14-15-20-26-32-37-44-52-59-66-82(87)99-78(70-93-80(85)64-57-50-43-36-31-28-23-25-30-35-41-48-55-62-75(4)5)72-97-101(89,90)95-68-77(84)69-96-102(91,92)98-73-79(71-94-81(86)65-58-51-46-39-42-49-56-63-76(6)7)100-83(88)67-60-53-45-38-33-27-22-19-17-16-18-21-24-29-34-40-47-54-61-74(2)3/h13-15,20,74-79,84H,8-12,16-19,21-73H2,1-7H3,(H,89,90)(H,91,92)/b14-13-,20-15-/t77?,78-,79-/m1/s1. The smallest absolute Gasteiger partial charge is 0.462 e. The van der Waals surface area contributed by atoms with Crippen molar-refractivity contribution in [3.63, 3.8) is 0 Å². The van der Waals surface area contributed by atoms with E-state index in [9.17, 15) is 43.2 Å². The summed E-state index contributed by atoms with van der Waals surface area (Å²) < 4.78 is 68.7. The van der Waals surface area contributed by atoms with E-state index in [0.29, 0.717) is 31.6 Å². The minimum atomic E-state index is -4.97. The lowest BCUT2D eigenvalue weighted by Gasteiger charge is -2.21. The number of unbranched alkanes of at least 4 members (excludes halogenated alkanes) is 44. The highest BCUT2D eigenvalue weighted by Gasteiger charge is 2.30. The van der Waals surface area contributed by atoms with Crippen LogP contribution in [0.25, 0.3) is 0 Å². The molecular weight excluding hydrogens is 1330 g/mol. The summed E-state index contributed by atoms with van der Waals surface area (Å²) in [5.74, 6) is 0.171. The molecule has 0 aliphatic rings. The van der Waals surface area contributed by atoms with Crippen LogP contribution in [0.1, 0.15) is 408 Å². The molecule has 0 aromatic rings. The summed E-state index contributed by atoms with van der Waals surface area (Å²) in [6.45, 7) is 11.9. The van der Waals surface area contributed by atoms with Crippen LogP contribution in [0.3, 0.4) is 0 Å². The number of carbonyl (C=O) groups is 4. The highest BCUT2D eigenvalue weighted by atomic mass is 31.2. The molecule has 0 aromatic carbocycles. The molecule has 0 aliphatic carbocycles. The van der Waals surface area contributed by atoms with E-state index < -0.39 is 97.5 Å². The van der Waals surface area contributed by atoms with Gasteiger partial charge in [-0.2, -0.15) is 0 Å². The van der Waals surface area contributed by atoms with Gasteiger partial charge in [-0.3, -0.25) is 37.3 Å². The van der Waals surface area contributed by atoms with Crippen LogP contribution < -0.4 is 0 Å². The van der Waals surface area contributed by atoms with Gasteiger partial charge in [-0.05, 0) is 69.1 Å². The molecule has 0 bridgehead atoms. The van der Waals surface area contributed by atoms with Crippen molar-refractivity contribution in [2.45, 2.75) is 426 Å². The van der Waals surface area contributed by atoms with Crippen molar-refractivity contribution in [1.82, 2.24) is 0 Å². The second-order valence-corrected chi connectivity index (χ2v) is 33.5. The third kappa shape index (κ3) is 75.8. The maximum atomic E-state index is 13.1. The van der Waals surface area contributed by atoms with E-state index in [2.05, 4.69) is 72.8 Å². The van der Waals surface area contributed by atoms with Gasteiger partial charge >= 0.3 is 39.5 Å². The normalized spacial score (nSPS) is 14.1. The first kappa shape index (κ1) is 99.5. The van der Waals surface area contributed by atoms with Crippen LogP contribution in [0.15, 0.2) is 24.3 Å². The van der Waals surface area contributed by atoms with Gasteiger partial charge in [-0.25, -0.2) is 9.13 Å². The van der Waals surface area contributed by atoms with Crippen LogP contribution in [-0.2, 0) is 65.4 Å². The number of ether oxygens (including phenoxy) is 4. The molecule has 0 radical (unpaired) electrons. The molecule has 0 amide bonds. The van der Waals surface area contributed by atoms with Crippen LogP contribution in [0.5, 0.6) is 0 Å². The fourth-order valence-electron chi connectivity index (χ4n) is 12.3. The number of rotatable bonds is 79. The van der Waals surface area contributed by atoms with Gasteiger partial charge in [0.15, 0.2) is 12.2 Å². The number of hydrogen-bond acceptors (Lipinski definition) is 15. The molecule has 17 nitrogen and oxygen atoms in total. The summed E-state index contributed by atoms with van der Waals surface area (Å²) in [5, 5.41) is 10.6. The molecule has 0 saturated carbocycles. The van der Waals surface area contributed by atoms with Crippen molar-refractivity contribution >= 4 is 39.5 Å². The number of phosphoric acid groups is 2. The van der Waals surface area contributed by atoms with Crippen LogP contribution in [0, 0.1) is 17.8 Å². The van der Waals surface area contributed by atoms with Gasteiger partial charge in [0.25, 0.3) is 0 Å². The van der Waals surface area contributed by atoms with Crippen molar-refractivity contribution in [1.29, 1.82) is 0 Å². The van der Waals surface area contributed by atoms with Crippen molar-refractivity contribution in [2.24, 2.45) is 17.8 Å². The average Bonchev–Trinajstić information content (AvgIpc) is 0.967. The predicted octanol–water partition coefficient (Wildman–Crippen LogP) is 24.5. The van der Waals surface area contributed by atoms with Gasteiger partial charge in [0.1, 0.15) is 19.3 Å². The van der Waals surface area contributed by atoms with E-state index in [-0.39, 0.29) is 25.7 Å². The van der Waals surface area contributed by atoms with Crippen molar-refractivity contribution in [2.75, 3.05) is 39.6 Å². The largest absolute Gasteiger partial charge is 0.472 e. The number of allylic oxidation sites excluding steroid dienone is 4. The van der Waals surface area contributed by atoms with Gasteiger partial charge in [0.2, 0.25) is 0 Å². The van der Waals surface area contributed by atoms with Crippen LogP contribution in [-0.4, -0.2) is 96.7 Å². The van der Waals surface area contributed by atoms with E-state index in [4.69, 9.17) is 37.0 Å².